The zero-order valence-electron chi connectivity index (χ0n) is 41.6. The van der Waals surface area contributed by atoms with E-state index in [9.17, 15) is 28.8 Å². The number of benzene rings is 3. The summed E-state index contributed by atoms with van der Waals surface area (Å²) in [6.07, 6.45) is 5.07. The Hall–Kier alpha value is -7.77. The Morgan fingerprint density at radius 2 is 1.74 bits per heavy atom. The molecule has 5 aromatic rings. The fourth-order valence-electron chi connectivity index (χ4n) is 8.61. The van der Waals surface area contributed by atoms with Crippen LogP contribution in [0.3, 0.4) is 0 Å². The number of aryl methyl sites for hydroxylation is 1. The van der Waals surface area contributed by atoms with Crippen LogP contribution >= 0.6 is 0 Å². The summed E-state index contributed by atoms with van der Waals surface area (Å²) in [6.45, 7) is 15.0. The van der Waals surface area contributed by atoms with Crippen LogP contribution in [0.4, 0.5) is 16.2 Å². The first kappa shape index (κ1) is 52.1. The number of urea groups is 1. The lowest BCUT2D eigenvalue weighted by Crippen LogP contribution is -2.40. The number of hydrogen-bond acceptors (Lipinski definition) is 13. The molecule has 4 heterocycles. The van der Waals surface area contributed by atoms with E-state index in [0.29, 0.717) is 76.2 Å². The first-order chi connectivity index (χ1) is 34.7. The summed E-state index contributed by atoms with van der Waals surface area (Å²) in [5.41, 5.74) is 6.18. The Labute approximate surface area is 418 Å². The van der Waals surface area contributed by atoms with Gasteiger partial charge in [0.25, 0.3) is 11.8 Å². The average Bonchev–Trinajstić information content (AvgIpc) is 4.21. The number of amides is 5. The molecule has 5 amide bonds. The van der Waals surface area contributed by atoms with Gasteiger partial charge in [0, 0.05) is 60.5 Å². The maximum atomic E-state index is 14.1. The molecule has 2 aliphatic rings. The maximum absolute atomic E-state index is 14.1. The van der Waals surface area contributed by atoms with E-state index >= 15 is 0 Å². The molecule has 19 nitrogen and oxygen atoms in total. The number of aromatic amines is 2. The number of anilines is 2. The molecule has 1 unspecified atom stereocenters. The molecule has 7 rings (SSSR count). The quantitative estimate of drug-likeness (QED) is 0.0269. The minimum Gasteiger partial charge on any atom is -0.497 e. The normalized spacial score (nSPS) is 14.2. The molecule has 0 radical (unpaired) electrons. The molecule has 72 heavy (non-hydrogen) atoms. The van der Waals surface area contributed by atoms with Crippen molar-refractivity contribution in [3.8, 4) is 28.4 Å². The summed E-state index contributed by atoms with van der Waals surface area (Å²) in [4.78, 5) is 89.7. The van der Waals surface area contributed by atoms with Crippen LogP contribution in [0.25, 0.3) is 22.8 Å². The number of imide groups is 1. The molecule has 19 heteroatoms. The van der Waals surface area contributed by atoms with Gasteiger partial charge in [-0.3, -0.25) is 34.1 Å². The third-order valence-electron chi connectivity index (χ3n) is 12.7. The van der Waals surface area contributed by atoms with Crippen molar-refractivity contribution in [2.45, 2.75) is 73.0 Å². The smallest absolute Gasteiger partial charge is 0.352 e. The highest BCUT2D eigenvalue weighted by molar-refractivity contribution is 6.35. The van der Waals surface area contributed by atoms with Gasteiger partial charge in [-0.05, 0) is 125 Å². The lowest BCUT2D eigenvalue weighted by Gasteiger charge is -2.23. The highest BCUT2D eigenvalue weighted by atomic mass is 16.6. The van der Waals surface area contributed by atoms with E-state index in [1.165, 1.54) is 26.2 Å². The van der Waals surface area contributed by atoms with Gasteiger partial charge in [0.2, 0.25) is 5.91 Å². The van der Waals surface area contributed by atoms with Crippen LogP contribution < -0.4 is 30.2 Å². The Kier molecular flexibility index (Phi) is 17.6. The van der Waals surface area contributed by atoms with Gasteiger partial charge in [-0.1, -0.05) is 32.0 Å². The van der Waals surface area contributed by atoms with E-state index in [1.54, 1.807) is 67.9 Å². The van der Waals surface area contributed by atoms with Gasteiger partial charge in [-0.25, -0.2) is 9.59 Å². The third-order valence-corrected chi connectivity index (χ3v) is 12.7. The zero-order chi connectivity index (χ0) is 51.3. The van der Waals surface area contributed by atoms with E-state index in [2.05, 4.69) is 54.8 Å². The van der Waals surface area contributed by atoms with Gasteiger partial charge in [0.05, 0.1) is 43.1 Å². The molecular weight excluding hydrogens is 923 g/mol. The van der Waals surface area contributed by atoms with E-state index in [0.717, 1.165) is 61.6 Å². The number of carbonyl (C=O) groups is 6. The van der Waals surface area contributed by atoms with Crippen LogP contribution in [0.2, 0.25) is 0 Å². The number of likely N-dealkylation sites (N-methyl/N-ethyl adjacent to an activating group) is 1. The van der Waals surface area contributed by atoms with Crippen LogP contribution in [-0.4, -0.2) is 131 Å². The molecule has 3 aromatic carbocycles. The van der Waals surface area contributed by atoms with Gasteiger partial charge in [-0.2, -0.15) is 5.10 Å². The fourth-order valence-corrected chi connectivity index (χ4v) is 8.61. The number of rotatable bonds is 22. The second-order valence-electron chi connectivity index (χ2n) is 17.6. The van der Waals surface area contributed by atoms with E-state index in [1.807, 2.05) is 13.0 Å². The molecule has 1 atom stereocenters. The second-order valence-corrected chi connectivity index (χ2v) is 17.6. The molecule has 1 fully saturated rings. The van der Waals surface area contributed by atoms with Crippen molar-refractivity contribution in [1.29, 1.82) is 0 Å². The summed E-state index contributed by atoms with van der Waals surface area (Å²) in [7, 11) is 1.51. The minimum absolute atomic E-state index is 0.0855. The van der Waals surface area contributed by atoms with E-state index in [-0.39, 0.29) is 29.7 Å². The van der Waals surface area contributed by atoms with Crippen LogP contribution in [-0.2, 0) is 30.5 Å². The maximum Gasteiger partial charge on any atom is 0.352 e. The number of esters is 2. The van der Waals surface area contributed by atoms with Crippen molar-refractivity contribution in [1.82, 2.24) is 35.2 Å². The van der Waals surface area contributed by atoms with Gasteiger partial charge in [0.1, 0.15) is 23.9 Å². The van der Waals surface area contributed by atoms with Gasteiger partial charge >= 0.3 is 18.0 Å². The molecule has 0 aliphatic carbocycles. The van der Waals surface area contributed by atoms with E-state index < -0.39 is 42.8 Å². The second kappa shape index (κ2) is 24.4. The standard InChI is InChI=1S/C53H63N9O10/c1-7-60(8-2)23-20-54-51(66)49-33(3)45(57-34(49)4)29-42-41-28-40(15-17-43(41)58-50(42)65)72-52(67)35(5)71-48(64)19-18-47(63)62(32-36-12-11-13-39(26-36)69-6)53(68)59-44-16-14-37(38-30-55-56-31-38)27-46(44)70-25-24-61-21-9-10-22-61/h11-17,26-31,35,57H,7-10,18-25,32H2,1-6H3,(H,54,66)(H,55,56)(H,58,65)(H,59,68)/b42-29-. The van der Waals surface area contributed by atoms with Crippen molar-refractivity contribution in [3.63, 3.8) is 0 Å². The summed E-state index contributed by atoms with van der Waals surface area (Å²) >= 11 is 0. The number of fused-ring (bicyclic) bond motifs is 1. The number of aromatic nitrogens is 3. The molecule has 2 aromatic heterocycles. The average molecular weight is 986 g/mol. The number of H-pyrrole nitrogens is 2. The topological polar surface area (TPSA) is 230 Å². The summed E-state index contributed by atoms with van der Waals surface area (Å²) in [5.74, 6) is -2.05. The van der Waals surface area contributed by atoms with Crippen molar-refractivity contribution in [3.05, 3.63) is 107 Å². The van der Waals surface area contributed by atoms with Crippen LogP contribution in [0.1, 0.15) is 84.9 Å². The number of hydrogen-bond donors (Lipinski definition) is 5. The molecule has 0 spiro atoms. The van der Waals surface area contributed by atoms with Crippen molar-refractivity contribution in [2.75, 3.05) is 70.2 Å². The molecule has 0 saturated carbocycles. The number of likely N-dealkylation sites (tertiary alicyclic amines) is 1. The van der Waals surface area contributed by atoms with Crippen LogP contribution in [0.15, 0.2) is 73.1 Å². The molecule has 2 aliphatic heterocycles. The summed E-state index contributed by atoms with van der Waals surface area (Å²) in [5, 5.41) is 15.5. The zero-order valence-corrected chi connectivity index (χ0v) is 41.6. The minimum atomic E-state index is -1.39. The number of methoxy groups -OCH3 is 1. The van der Waals surface area contributed by atoms with E-state index in [4.69, 9.17) is 18.9 Å². The first-order valence-corrected chi connectivity index (χ1v) is 24.3. The monoisotopic (exact) mass is 985 g/mol. The van der Waals surface area contributed by atoms with Gasteiger partial charge < -0.3 is 44.8 Å². The summed E-state index contributed by atoms with van der Waals surface area (Å²) in [6, 6.07) is 16.1. The predicted octanol–water partition coefficient (Wildman–Crippen LogP) is 6.95. The molecular formula is C53H63N9O10. The Morgan fingerprint density at radius 3 is 2.47 bits per heavy atom. The van der Waals surface area contributed by atoms with Crippen molar-refractivity contribution >= 4 is 58.7 Å². The first-order valence-electron chi connectivity index (χ1n) is 24.3. The fraction of sp³-hybridized carbons (Fsp3) is 0.377. The largest absolute Gasteiger partial charge is 0.497 e. The Bertz CT molecular complexity index is 2790. The lowest BCUT2D eigenvalue weighted by atomic mass is 10.0. The SMILES string of the molecule is CCN(CC)CCNC(=O)c1c(C)[nH]c(/C=C2\C(=O)Nc3ccc(OC(=O)C(C)OC(=O)CCC(=O)N(Cc4cccc(OC)c4)C(=O)Nc4ccc(-c5cn[nH]c5)cc4OCCN4CCCC4)cc32)c1C. The van der Waals surface area contributed by atoms with Crippen LogP contribution in [0.5, 0.6) is 17.2 Å². The number of ether oxygens (including phenoxy) is 4. The van der Waals surface area contributed by atoms with Gasteiger partial charge in [-0.15, -0.1) is 0 Å². The number of nitrogens with zero attached hydrogens (tertiary/aromatic N) is 4. The number of carbonyl (C=O) groups excluding carboxylic acids is 6. The predicted molar refractivity (Wildman–Crippen MR) is 272 cm³/mol. The van der Waals surface area contributed by atoms with Gasteiger partial charge in [0.15, 0.2) is 6.10 Å². The van der Waals surface area contributed by atoms with Crippen molar-refractivity contribution in [2.24, 2.45) is 0 Å². The lowest BCUT2D eigenvalue weighted by molar-refractivity contribution is -0.161. The summed E-state index contributed by atoms with van der Waals surface area (Å²) < 4.78 is 22.6. The highest BCUT2D eigenvalue weighted by Crippen LogP contribution is 2.37. The third kappa shape index (κ3) is 13.1. The van der Waals surface area contributed by atoms with Crippen molar-refractivity contribution < 1.29 is 47.7 Å². The molecule has 5 N–H and O–H groups in total. The number of nitrogens with one attached hydrogen (secondary N) is 5. The molecule has 1 saturated heterocycles. The Morgan fingerprint density at radius 1 is 0.944 bits per heavy atom. The highest BCUT2D eigenvalue weighted by Gasteiger charge is 2.29. The molecule has 0 bridgehead atoms. The molecule has 380 valence electrons. The van der Waals surface area contributed by atoms with Crippen LogP contribution in [0, 0.1) is 13.8 Å². The Balaban J connectivity index is 0.985.